The van der Waals surface area contributed by atoms with E-state index >= 15 is 0 Å². The van der Waals surface area contributed by atoms with Gasteiger partial charge in [-0.05, 0) is 13.3 Å². The summed E-state index contributed by atoms with van der Waals surface area (Å²) >= 11 is 6.22. The van der Waals surface area contributed by atoms with Crippen LogP contribution in [-0.4, -0.2) is 19.5 Å². The van der Waals surface area contributed by atoms with Crippen LogP contribution in [0.25, 0.3) is 11.5 Å². The van der Waals surface area contributed by atoms with Gasteiger partial charge in [-0.1, -0.05) is 32.4 Å². The molecule has 2 aromatic rings. The third-order valence-electron chi connectivity index (χ3n) is 3.01. The lowest BCUT2D eigenvalue weighted by Crippen LogP contribution is -2.06. The molecule has 2 heterocycles. The van der Waals surface area contributed by atoms with E-state index in [9.17, 15) is 0 Å². The van der Waals surface area contributed by atoms with E-state index in [0.717, 1.165) is 35.9 Å². The summed E-state index contributed by atoms with van der Waals surface area (Å²) in [4.78, 5) is 13.4. The fourth-order valence-electron chi connectivity index (χ4n) is 1.93. The van der Waals surface area contributed by atoms with Crippen LogP contribution in [0.2, 0.25) is 5.15 Å². The van der Waals surface area contributed by atoms with Crippen LogP contribution in [0.1, 0.15) is 44.5 Å². The van der Waals surface area contributed by atoms with Gasteiger partial charge in [0.15, 0.2) is 5.82 Å². The number of imidazole rings is 1. The molecule has 0 fully saturated rings. The topological polar surface area (TPSA) is 43.6 Å². The van der Waals surface area contributed by atoms with Crippen molar-refractivity contribution in [1.29, 1.82) is 0 Å². The third kappa shape index (κ3) is 2.78. The molecule has 2 aromatic heterocycles. The van der Waals surface area contributed by atoms with Crippen LogP contribution >= 0.6 is 11.6 Å². The van der Waals surface area contributed by atoms with Crippen LogP contribution in [0.4, 0.5) is 0 Å². The molecule has 0 aliphatic carbocycles. The van der Waals surface area contributed by atoms with Gasteiger partial charge in [0.2, 0.25) is 0 Å². The minimum atomic E-state index is 0.242. The number of nitrogens with zero attached hydrogens (tertiary/aromatic N) is 4. The summed E-state index contributed by atoms with van der Waals surface area (Å²) in [7, 11) is 0. The van der Waals surface area contributed by atoms with E-state index in [0.29, 0.717) is 5.15 Å². The molecule has 0 unspecified atom stereocenters. The third-order valence-corrected chi connectivity index (χ3v) is 3.38. The van der Waals surface area contributed by atoms with E-state index in [1.165, 1.54) is 0 Å². The fourth-order valence-corrected chi connectivity index (χ4v) is 2.11. The molecule has 0 spiro atoms. The molecule has 102 valence electrons. The maximum Gasteiger partial charge on any atom is 0.159 e. The predicted molar refractivity (Wildman–Crippen MR) is 77.4 cm³/mol. The summed E-state index contributed by atoms with van der Waals surface area (Å²) in [5, 5.41) is 0.514. The number of hydrogen-bond acceptors (Lipinski definition) is 3. The molecular weight excluding hydrogens is 260 g/mol. The molecule has 0 saturated heterocycles. The van der Waals surface area contributed by atoms with Crippen LogP contribution in [0, 0.1) is 6.92 Å². The maximum atomic E-state index is 6.22. The monoisotopic (exact) mass is 278 g/mol. The minimum Gasteiger partial charge on any atom is -0.330 e. The van der Waals surface area contributed by atoms with Gasteiger partial charge in [-0.3, -0.25) is 0 Å². The Morgan fingerprint density at radius 1 is 1.32 bits per heavy atom. The van der Waals surface area contributed by atoms with E-state index in [1.807, 2.05) is 13.1 Å². The van der Waals surface area contributed by atoms with Crippen LogP contribution in [0.5, 0.6) is 0 Å². The Bertz CT molecular complexity index is 575. The van der Waals surface area contributed by atoms with Crippen LogP contribution in [0.3, 0.4) is 0 Å². The SMILES string of the molecule is CCCn1ccnc1-c1nc(C(C)C)nc(Cl)c1C. The van der Waals surface area contributed by atoms with Crippen LogP contribution in [-0.2, 0) is 6.54 Å². The van der Waals surface area contributed by atoms with Crippen molar-refractivity contribution in [2.24, 2.45) is 0 Å². The first kappa shape index (κ1) is 14.0. The van der Waals surface area contributed by atoms with Crippen molar-refractivity contribution >= 4 is 11.6 Å². The largest absolute Gasteiger partial charge is 0.330 e. The van der Waals surface area contributed by atoms with Crippen molar-refractivity contribution in [1.82, 2.24) is 19.5 Å². The van der Waals surface area contributed by atoms with Gasteiger partial charge in [-0.15, -0.1) is 0 Å². The van der Waals surface area contributed by atoms with Crippen LogP contribution in [0.15, 0.2) is 12.4 Å². The summed E-state index contributed by atoms with van der Waals surface area (Å²) in [5.41, 5.74) is 1.72. The Morgan fingerprint density at radius 2 is 2.05 bits per heavy atom. The summed E-state index contributed by atoms with van der Waals surface area (Å²) in [5.74, 6) is 1.87. The van der Waals surface area contributed by atoms with E-state index < -0.39 is 0 Å². The Balaban J connectivity index is 2.57. The van der Waals surface area contributed by atoms with Gasteiger partial charge >= 0.3 is 0 Å². The number of hydrogen-bond donors (Lipinski definition) is 0. The van der Waals surface area contributed by atoms with E-state index in [-0.39, 0.29) is 5.92 Å². The zero-order chi connectivity index (χ0) is 14.0. The summed E-state index contributed by atoms with van der Waals surface area (Å²) in [6, 6.07) is 0. The molecule has 4 nitrogen and oxygen atoms in total. The Morgan fingerprint density at radius 3 is 2.68 bits per heavy atom. The number of rotatable bonds is 4. The molecule has 0 N–H and O–H groups in total. The normalized spacial score (nSPS) is 11.3. The van der Waals surface area contributed by atoms with Crippen molar-refractivity contribution in [3.05, 3.63) is 28.9 Å². The lowest BCUT2D eigenvalue weighted by molar-refractivity contribution is 0.681. The second kappa shape index (κ2) is 5.70. The zero-order valence-electron chi connectivity index (χ0n) is 11.8. The van der Waals surface area contributed by atoms with E-state index in [2.05, 4.69) is 40.3 Å². The highest BCUT2D eigenvalue weighted by Gasteiger charge is 2.16. The molecule has 0 saturated carbocycles. The second-order valence-corrected chi connectivity index (χ2v) is 5.30. The number of halogens is 1. The average molecular weight is 279 g/mol. The lowest BCUT2D eigenvalue weighted by Gasteiger charge is -2.12. The molecule has 19 heavy (non-hydrogen) atoms. The van der Waals surface area contributed by atoms with Gasteiger partial charge in [0.05, 0.1) is 0 Å². The Labute approximate surface area is 118 Å². The average Bonchev–Trinajstić information content (AvgIpc) is 2.81. The van der Waals surface area contributed by atoms with Gasteiger partial charge in [-0.25, -0.2) is 15.0 Å². The molecule has 0 aliphatic rings. The van der Waals surface area contributed by atoms with Crippen molar-refractivity contribution in [3.8, 4) is 11.5 Å². The van der Waals surface area contributed by atoms with Crippen molar-refractivity contribution in [3.63, 3.8) is 0 Å². The highest BCUT2D eigenvalue weighted by atomic mass is 35.5. The quantitative estimate of drug-likeness (QED) is 0.798. The fraction of sp³-hybridized carbons (Fsp3) is 0.500. The molecule has 0 aliphatic heterocycles. The van der Waals surface area contributed by atoms with Crippen molar-refractivity contribution in [2.45, 2.75) is 46.6 Å². The first-order valence-corrected chi connectivity index (χ1v) is 6.98. The summed E-state index contributed by atoms with van der Waals surface area (Å²) < 4.78 is 2.11. The van der Waals surface area contributed by atoms with E-state index in [1.54, 1.807) is 6.20 Å². The van der Waals surface area contributed by atoms with Crippen LogP contribution < -0.4 is 0 Å². The zero-order valence-corrected chi connectivity index (χ0v) is 12.6. The molecule has 5 heteroatoms. The van der Waals surface area contributed by atoms with Crippen molar-refractivity contribution in [2.75, 3.05) is 0 Å². The summed E-state index contributed by atoms with van der Waals surface area (Å²) in [6.07, 6.45) is 4.83. The van der Waals surface area contributed by atoms with Gasteiger partial charge < -0.3 is 4.57 Å². The Hall–Kier alpha value is -1.42. The first-order chi connectivity index (χ1) is 9.04. The van der Waals surface area contributed by atoms with Crippen molar-refractivity contribution < 1.29 is 0 Å². The first-order valence-electron chi connectivity index (χ1n) is 6.60. The molecular formula is C14H19ClN4. The smallest absolute Gasteiger partial charge is 0.159 e. The maximum absolute atomic E-state index is 6.22. The predicted octanol–water partition coefficient (Wildman–Crippen LogP) is 3.84. The van der Waals surface area contributed by atoms with E-state index in [4.69, 9.17) is 11.6 Å². The minimum absolute atomic E-state index is 0.242. The highest BCUT2D eigenvalue weighted by Crippen LogP contribution is 2.26. The van der Waals surface area contributed by atoms with Gasteiger partial charge in [-0.2, -0.15) is 0 Å². The van der Waals surface area contributed by atoms with Gasteiger partial charge in [0.1, 0.15) is 16.7 Å². The lowest BCUT2D eigenvalue weighted by atomic mass is 10.1. The Kier molecular flexibility index (Phi) is 4.20. The molecule has 0 amide bonds. The van der Waals surface area contributed by atoms with Gasteiger partial charge in [0, 0.05) is 30.4 Å². The standard InChI is InChI=1S/C14H19ClN4/c1-5-7-19-8-6-16-14(19)11-10(4)12(15)18-13(17-11)9(2)3/h6,8-9H,5,7H2,1-4H3. The van der Waals surface area contributed by atoms with Gasteiger partial charge in [0.25, 0.3) is 0 Å². The second-order valence-electron chi connectivity index (χ2n) is 4.95. The molecule has 2 rings (SSSR count). The molecule has 0 bridgehead atoms. The molecule has 0 radical (unpaired) electrons. The number of aromatic nitrogens is 4. The number of aryl methyl sites for hydroxylation is 1. The highest BCUT2D eigenvalue weighted by molar-refractivity contribution is 6.30. The molecule has 0 atom stereocenters. The molecule has 0 aromatic carbocycles. The summed E-state index contributed by atoms with van der Waals surface area (Å²) in [6.45, 7) is 9.12.